The van der Waals surface area contributed by atoms with Gasteiger partial charge < -0.3 is 14.2 Å². The highest BCUT2D eigenvalue weighted by molar-refractivity contribution is 5.94. The number of hydrogen-bond acceptors (Lipinski definition) is 5. The van der Waals surface area contributed by atoms with Gasteiger partial charge in [-0.2, -0.15) is 13.2 Å². The number of alkyl halides is 3. The molecule has 1 aliphatic heterocycles. The molecule has 1 saturated carbocycles. The number of aryl methyl sites for hydroxylation is 1. The van der Waals surface area contributed by atoms with Crippen LogP contribution in [0.4, 0.5) is 13.2 Å². The molecule has 0 radical (unpaired) electrons. The van der Waals surface area contributed by atoms with E-state index in [2.05, 4.69) is 14.5 Å². The summed E-state index contributed by atoms with van der Waals surface area (Å²) in [5.41, 5.74) is 0.933. The van der Waals surface area contributed by atoms with Gasteiger partial charge in [0, 0.05) is 62.9 Å². The standard InChI is InChI=1S/C27H35F3N4O3/c1-19-24(34(18-31-19)10-9-33-11-13-37-14-12-33)17-25(35)20-5-4-8-23(16-20)32(2)26(36)21-6-3-7-22(15-21)27(28,29)30/h3,6-7,15,18,20,23H,4-5,8-14,16-17H2,1-2H3/t20-,23+/m1/s1. The molecule has 4 rings (SSSR count). The minimum atomic E-state index is -4.51. The summed E-state index contributed by atoms with van der Waals surface area (Å²) in [7, 11) is 1.62. The van der Waals surface area contributed by atoms with Gasteiger partial charge in [-0.05, 0) is 44.4 Å². The van der Waals surface area contributed by atoms with Crippen LogP contribution in [0.2, 0.25) is 0 Å². The normalized spacial score (nSPS) is 21.1. The van der Waals surface area contributed by atoms with E-state index in [1.165, 1.54) is 17.0 Å². The van der Waals surface area contributed by atoms with Crippen LogP contribution in [-0.2, 0) is 28.7 Å². The molecule has 2 heterocycles. The van der Waals surface area contributed by atoms with Gasteiger partial charge in [-0.1, -0.05) is 12.5 Å². The predicted molar refractivity (Wildman–Crippen MR) is 132 cm³/mol. The molecule has 1 aromatic heterocycles. The second-order valence-corrected chi connectivity index (χ2v) is 10.1. The highest BCUT2D eigenvalue weighted by Gasteiger charge is 2.34. The van der Waals surface area contributed by atoms with Crippen LogP contribution in [0.15, 0.2) is 30.6 Å². The Kier molecular flexibility index (Phi) is 8.69. The van der Waals surface area contributed by atoms with Crippen molar-refractivity contribution < 1.29 is 27.5 Å². The molecule has 1 amide bonds. The van der Waals surface area contributed by atoms with Gasteiger partial charge in [0.15, 0.2) is 0 Å². The van der Waals surface area contributed by atoms with Gasteiger partial charge >= 0.3 is 6.18 Å². The number of benzene rings is 1. The molecule has 2 fully saturated rings. The Hall–Kier alpha value is -2.72. The zero-order valence-electron chi connectivity index (χ0n) is 21.5. The zero-order chi connectivity index (χ0) is 26.6. The van der Waals surface area contributed by atoms with Crippen LogP contribution in [-0.4, -0.2) is 77.0 Å². The first-order valence-corrected chi connectivity index (χ1v) is 12.9. The van der Waals surface area contributed by atoms with E-state index in [1.54, 1.807) is 13.4 Å². The number of amides is 1. The average Bonchev–Trinajstić information content (AvgIpc) is 3.25. The van der Waals surface area contributed by atoms with E-state index in [1.807, 2.05) is 6.92 Å². The molecule has 0 N–H and O–H groups in total. The fourth-order valence-corrected chi connectivity index (χ4v) is 5.32. The molecule has 2 atom stereocenters. The summed E-state index contributed by atoms with van der Waals surface area (Å²) >= 11 is 0. The van der Waals surface area contributed by atoms with E-state index in [-0.39, 0.29) is 29.7 Å². The van der Waals surface area contributed by atoms with Crippen molar-refractivity contribution in [3.05, 3.63) is 53.1 Å². The smallest absolute Gasteiger partial charge is 0.379 e. The van der Waals surface area contributed by atoms with Gasteiger partial charge in [0.1, 0.15) is 5.78 Å². The van der Waals surface area contributed by atoms with Crippen molar-refractivity contribution in [2.75, 3.05) is 39.9 Å². The lowest BCUT2D eigenvalue weighted by Gasteiger charge is -2.35. The number of carbonyl (C=O) groups excluding carboxylic acids is 2. The van der Waals surface area contributed by atoms with Crippen molar-refractivity contribution in [1.29, 1.82) is 0 Å². The van der Waals surface area contributed by atoms with Gasteiger partial charge in [-0.25, -0.2) is 4.98 Å². The van der Waals surface area contributed by atoms with Crippen molar-refractivity contribution in [2.45, 2.75) is 57.8 Å². The Bertz CT molecular complexity index is 1090. The maximum atomic E-state index is 13.3. The van der Waals surface area contributed by atoms with Crippen molar-refractivity contribution in [3.8, 4) is 0 Å². The summed E-state index contributed by atoms with van der Waals surface area (Å²) in [4.78, 5) is 34.6. The molecule has 7 nitrogen and oxygen atoms in total. The molecule has 202 valence electrons. The summed E-state index contributed by atoms with van der Waals surface area (Å²) in [6.07, 6.45) is 0.353. The SMILES string of the molecule is Cc1ncn(CCN2CCOCC2)c1CC(=O)[C@@H]1CCC[C@H](N(C)C(=O)c2cccc(C(F)(F)F)c2)C1. The highest BCUT2D eigenvalue weighted by Crippen LogP contribution is 2.32. The van der Waals surface area contributed by atoms with Gasteiger partial charge in [-0.3, -0.25) is 14.5 Å². The first kappa shape index (κ1) is 27.3. The Labute approximate surface area is 215 Å². The second kappa shape index (κ2) is 11.8. The average molecular weight is 521 g/mol. The number of morpholine rings is 1. The molecule has 10 heteroatoms. The van der Waals surface area contributed by atoms with Gasteiger partial charge in [0.25, 0.3) is 5.91 Å². The fourth-order valence-electron chi connectivity index (χ4n) is 5.32. The number of carbonyl (C=O) groups is 2. The Morgan fingerprint density at radius 1 is 1.16 bits per heavy atom. The molecule has 2 aromatic rings. The van der Waals surface area contributed by atoms with Crippen LogP contribution in [0.25, 0.3) is 0 Å². The van der Waals surface area contributed by atoms with E-state index >= 15 is 0 Å². The summed E-state index contributed by atoms with van der Waals surface area (Å²) < 4.78 is 46.8. The molecule has 1 aliphatic carbocycles. The molecule has 0 spiro atoms. The predicted octanol–water partition coefficient (Wildman–Crippen LogP) is 3.99. The van der Waals surface area contributed by atoms with Gasteiger partial charge in [0.2, 0.25) is 0 Å². The van der Waals surface area contributed by atoms with E-state index < -0.39 is 17.6 Å². The highest BCUT2D eigenvalue weighted by atomic mass is 19.4. The lowest BCUT2D eigenvalue weighted by atomic mass is 9.81. The maximum absolute atomic E-state index is 13.3. The summed E-state index contributed by atoms with van der Waals surface area (Å²) in [6, 6.07) is 4.31. The molecule has 2 aliphatic rings. The number of halogens is 3. The number of ketones is 1. The van der Waals surface area contributed by atoms with E-state index in [0.717, 1.165) is 82.2 Å². The van der Waals surface area contributed by atoms with Crippen LogP contribution in [0, 0.1) is 12.8 Å². The number of Topliss-reactive ketones (excluding diaryl/α,β-unsaturated/α-hetero) is 1. The molecule has 37 heavy (non-hydrogen) atoms. The zero-order valence-corrected chi connectivity index (χ0v) is 21.5. The lowest BCUT2D eigenvalue weighted by molar-refractivity contribution is -0.137. The van der Waals surface area contributed by atoms with Crippen LogP contribution >= 0.6 is 0 Å². The molecule has 0 bridgehead atoms. The molecular formula is C27H35F3N4O3. The monoisotopic (exact) mass is 520 g/mol. The van der Waals surface area contributed by atoms with E-state index in [9.17, 15) is 22.8 Å². The van der Waals surface area contributed by atoms with Crippen LogP contribution in [0.5, 0.6) is 0 Å². The minimum Gasteiger partial charge on any atom is -0.379 e. The second-order valence-electron chi connectivity index (χ2n) is 10.1. The van der Waals surface area contributed by atoms with Crippen molar-refractivity contribution in [2.24, 2.45) is 5.92 Å². The van der Waals surface area contributed by atoms with E-state index in [4.69, 9.17) is 4.74 Å². The molecule has 1 saturated heterocycles. The lowest BCUT2D eigenvalue weighted by Crippen LogP contribution is -2.41. The topological polar surface area (TPSA) is 67.7 Å². The third-order valence-electron chi connectivity index (χ3n) is 7.66. The number of imidazole rings is 1. The largest absolute Gasteiger partial charge is 0.416 e. The number of rotatable bonds is 8. The van der Waals surface area contributed by atoms with Crippen molar-refractivity contribution in [1.82, 2.24) is 19.4 Å². The van der Waals surface area contributed by atoms with Crippen LogP contribution in [0.3, 0.4) is 0 Å². The fraction of sp³-hybridized carbons (Fsp3) is 0.593. The summed E-state index contributed by atoms with van der Waals surface area (Å²) in [5, 5.41) is 0. The number of nitrogens with zero attached hydrogens (tertiary/aromatic N) is 4. The summed E-state index contributed by atoms with van der Waals surface area (Å²) in [5.74, 6) is -0.528. The molecule has 1 aromatic carbocycles. The Balaban J connectivity index is 1.37. The van der Waals surface area contributed by atoms with Gasteiger partial charge in [0.05, 0.1) is 30.8 Å². The van der Waals surface area contributed by atoms with Crippen molar-refractivity contribution in [3.63, 3.8) is 0 Å². The number of hydrogen-bond donors (Lipinski definition) is 0. The van der Waals surface area contributed by atoms with Crippen LogP contribution < -0.4 is 0 Å². The summed E-state index contributed by atoms with van der Waals surface area (Å²) in [6.45, 7) is 6.82. The maximum Gasteiger partial charge on any atom is 0.416 e. The third kappa shape index (κ3) is 6.78. The number of aromatic nitrogens is 2. The van der Waals surface area contributed by atoms with E-state index in [0.29, 0.717) is 6.42 Å². The Morgan fingerprint density at radius 3 is 2.65 bits per heavy atom. The molecular weight excluding hydrogens is 485 g/mol. The Morgan fingerprint density at radius 2 is 1.92 bits per heavy atom. The first-order chi connectivity index (χ1) is 17.6. The molecule has 0 unspecified atom stereocenters. The minimum absolute atomic E-state index is 0.00516. The van der Waals surface area contributed by atoms with Crippen LogP contribution in [0.1, 0.15) is 53.0 Å². The number of ether oxygens (including phenoxy) is 1. The first-order valence-electron chi connectivity index (χ1n) is 12.9. The van der Waals surface area contributed by atoms with Gasteiger partial charge in [-0.15, -0.1) is 0 Å². The third-order valence-corrected chi connectivity index (χ3v) is 7.66. The van der Waals surface area contributed by atoms with Crippen molar-refractivity contribution >= 4 is 11.7 Å². The quantitative estimate of drug-likeness (QED) is 0.527.